The molecule has 4 nitrogen and oxygen atoms in total. The molecule has 0 N–H and O–H groups in total. The van der Waals surface area contributed by atoms with E-state index < -0.39 is 0 Å². The predicted octanol–water partition coefficient (Wildman–Crippen LogP) is 5.24. The second-order valence-electron chi connectivity index (χ2n) is 6.78. The number of nitrogens with zero attached hydrogens (tertiary/aromatic N) is 3. The van der Waals surface area contributed by atoms with E-state index in [1.54, 1.807) is 29.4 Å². The molecule has 5 aromatic rings. The summed E-state index contributed by atoms with van der Waals surface area (Å²) in [6.07, 6.45) is 8.89. The van der Waals surface area contributed by atoms with Gasteiger partial charge in [-0.1, -0.05) is 42.5 Å². The summed E-state index contributed by atoms with van der Waals surface area (Å²) < 4.78 is 1.60. The molecule has 0 fully saturated rings. The van der Waals surface area contributed by atoms with Crippen LogP contribution in [0.3, 0.4) is 0 Å². The maximum absolute atomic E-state index is 13.2. The zero-order valence-corrected chi connectivity index (χ0v) is 15.6. The van der Waals surface area contributed by atoms with E-state index in [1.165, 1.54) is 0 Å². The summed E-state index contributed by atoms with van der Waals surface area (Å²) in [5.74, 6) is 0. The Hall–Kier alpha value is -4.05. The van der Waals surface area contributed by atoms with Gasteiger partial charge < -0.3 is 0 Å². The van der Waals surface area contributed by atoms with Crippen LogP contribution in [0.15, 0.2) is 96.2 Å². The fraction of sp³-hybridized carbons (Fsp3) is 0. The lowest BCUT2D eigenvalue weighted by Gasteiger charge is -2.08. The minimum atomic E-state index is -0.0630. The molecule has 0 bridgehead atoms. The van der Waals surface area contributed by atoms with Crippen LogP contribution >= 0.6 is 0 Å². The van der Waals surface area contributed by atoms with Crippen molar-refractivity contribution in [2.24, 2.45) is 0 Å². The average molecular weight is 375 g/mol. The molecule has 5 rings (SSSR count). The van der Waals surface area contributed by atoms with E-state index in [1.807, 2.05) is 78.9 Å². The maximum atomic E-state index is 13.2. The first-order valence-corrected chi connectivity index (χ1v) is 9.38. The molecule has 0 spiro atoms. The lowest BCUT2D eigenvalue weighted by atomic mass is 10.0. The molecule has 0 aliphatic heterocycles. The van der Waals surface area contributed by atoms with Crippen molar-refractivity contribution in [2.75, 3.05) is 0 Å². The van der Waals surface area contributed by atoms with Gasteiger partial charge in [-0.05, 0) is 52.9 Å². The highest BCUT2D eigenvalue weighted by molar-refractivity contribution is 5.96. The average Bonchev–Trinajstić information content (AvgIpc) is 2.79. The molecule has 3 heterocycles. The van der Waals surface area contributed by atoms with Gasteiger partial charge in [0.05, 0.1) is 16.6 Å². The van der Waals surface area contributed by atoms with Crippen molar-refractivity contribution in [3.63, 3.8) is 0 Å². The molecule has 3 aromatic heterocycles. The molecule has 0 radical (unpaired) electrons. The predicted molar refractivity (Wildman–Crippen MR) is 118 cm³/mol. The highest BCUT2D eigenvalue weighted by Crippen LogP contribution is 2.25. The van der Waals surface area contributed by atoms with Crippen LogP contribution < -0.4 is 5.56 Å². The topological polar surface area (TPSA) is 47.8 Å². The fourth-order valence-electron chi connectivity index (χ4n) is 3.53. The third kappa shape index (κ3) is 3.21. The Balaban J connectivity index is 1.61. The molecule has 2 aromatic carbocycles. The van der Waals surface area contributed by atoms with Crippen LogP contribution in [0.25, 0.3) is 45.1 Å². The number of fused-ring (bicyclic) bond motifs is 2. The molecule has 0 aliphatic carbocycles. The van der Waals surface area contributed by atoms with Gasteiger partial charge in [-0.15, -0.1) is 0 Å². The molecule has 0 aliphatic rings. The largest absolute Gasteiger partial charge is 0.290 e. The van der Waals surface area contributed by atoms with Gasteiger partial charge in [-0.3, -0.25) is 14.3 Å². The molecule has 29 heavy (non-hydrogen) atoms. The van der Waals surface area contributed by atoms with Crippen molar-refractivity contribution < 1.29 is 0 Å². The fourth-order valence-corrected chi connectivity index (χ4v) is 3.53. The first kappa shape index (κ1) is 17.1. The number of hydrogen-bond acceptors (Lipinski definition) is 3. The van der Waals surface area contributed by atoms with Crippen LogP contribution in [0, 0.1) is 0 Å². The first-order chi connectivity index (χ1) is 14.3. The van der Waals surface area contributed by atoms with Crippen LogP contribution in [0.1, 0.15) is 5.69 Å². The van der Waals surface area contributed by atoms with Gasteiger partial charge in [-0.2, -0.15) is 0 Å². The Kier molecular flexibility index (Phi) is 4.22. The lowest BCUT2D eigenvalue weighted by Crippen LogP contribution is -2.15. The van der Waals surface area contributed by atoms with Gasteiger partial charge in [0.2, 0.25) is 0 Å². The molecule has 0 saturated carbocycles. The van der Waals surface area contributed by atoms with Crippen molar-refractivity contribution in [1.29, 1.82) is 0 Å². The molecule has 0 amide bonds. The second-order valence-corrected chi connectivity index (χ2v) is 6.78. The molecule has 0 unspecified atom stereocenters. The van der Waals surface area contributed by atoms with Gasteiger partial charge in [0.25, 0.3) is 5.56 Å². The van der Waals surface area contributed by atoms with Crippen molar-refractivity contribution in [3.05, 3.63) is 107 Å². The van der Waals surface area contributed by atoms with Gasteiger partial charge in [-0.25, -0.2) is 4.98 Å². The molecular formula is C25H17N3O. The van der Waals surface area contributed by atoms with E-state index in [4.69, 9.17) is 0 Å². The summed E-state index contributed by atoms with van der Waals surface area (Å²) in [6.45, 7) is 0. The van der Waals surface area contributed by atoms with E-state index >= 15 is 0 Å². The highest BCUT2D eigenvalue weighted by Gasteiger charge is 2.08. The number of hydrogen-bond donors (Lipinski definition) is 0. The highest BCUT2D eigenvalue weighted by atomic mass is 16.1. The maximum Gasteiger partial charge on any atom is 0.263 e. The third-order valence-electron chi connectivity index (χ3n) is 4.98. The van der Waals surface area contributed by atoms with Gasteiger partial charge in [0, 0.05) is 30.2 Å². The van der Waals surface area contributed by atoms with Crippen molar-refractivity contribution >= 4 is 34.0 Å². The summed E-state index contributed by atoms with van der Waals surface area (Å²) in [5, 5.41) is 2.70. The minimum absolute atomic E-state index is 0.0630. The number of aromatic nitrogens is 3. The number of para-hydroxylation sites is 1. The van der Waals surface area contributed by atoms with Gasteiger partial charge in [0.1, 0.15) is 0 Å². The van der Waals surface area contributed by atoms with Gasteiger partial charge in [0.15, 0.2) is 0 Å². The SMILES string of the molecule is O=c1c2c(-c3ccncc3)cccc2ccn1C=Cc1ccc2ccccc2n1. The van der Waals surface area contributed by atoms with Crippen LogP contribution in [-0.2, 0) is 0 Å². The van der Waals surface area contributed by atoms with Gasteiger partial charge >= 0.3 is 0 Å². The monoisotopic (exact) mass is 375 g/mol. The summed E-state index contributed by atoms with van der Waals surface area (Å²) >= 11 is 0. The third-order valence-corrected chi connectivity index (χ3v) is 4.98. The Morgan fingerprint density at radius 1 is 0.793 bits per heavy atom. The molecule has 0 atom stereocenters. The molecule has 4 heteroatoms. The first-order valence-electron chi connectivity index (χ1n) is 9.38. The Bertz CT molecular complexity index is 1420. The van der Waals surface area contributed by atoms with Crippen LogP contribution in [-0.4, -0.2) is 14.5 Å². The molecule has 138 valence electrons. The normalized spacial score (nSPS) is 11.4. The summed E-state index contributed by atoms with van der Waals surface area (Å²) in [4.78, 5) is 21.9. The van der Waals surface area contributed by atoms with Crippen LogP contribution in [0.4, 0.5) is 0 Å². The number of rotatable bonds is 3. The summed E-state index contributed by atoms with van der Waals surface area (Å²) in [5.41, 5.74) is 3.55. The van der Waals surface area contributed by atoms with Crippen molar-refractivity contribution in [3.8, 4) is 11.1 Å². The zero-order chi connectivity index (χ0) is 19.6. The van der Waals surface area contributed by atoms with E-state index in [0.717, 1.165) is 33.1 Å². The van der Waals surface area contributed by atoms with Crippen LogP contribution in [0.5, 0.6) is 0 Å². The number of benzene rings is 2. The molecule has 0 saturated heterocycles. The number of pyridine rings is 3. The Morgan fingerprint density at radius 2 is 1.62 bits per heavy atom. The molecular weight excluding hydrogens is 358 g/mol. The summed E-state index contributed by atoms with van der Waals surface area (Å²) in [6, 6.07) is 23.7. The quantitative estimate of drug-likeness (QED) is 0.433. The van der Waals surface area contributed by atoms with E-state index in [9.17, 15) is 4.79 Å². The second kappa shape index (κ2) is 7.17. The van der Waals surface area contributed by atoms with E-state index in [0.29, 0.717) is 5.39 Å². The smallest absolute Gasteiger partial charge is 0.263 e. The zero-order valence-electron chi connectivity index (χ0n) is 15.6. The van der Waals surface area contributed by atoms with Crippen molar-refractivity contribution in [2.45, 2.75) is 0 Å². The van der Waals surface area contributed by atoms with E-state index in [2.05, 4.69) is 9.97 Å². The standard InChI is InChI=1S/C25H17N3O/c29-25-24-20(5-3-6-22(24)18-10-14-26-15-11-18)12-16-28(25)17-13-21-9-8-19-4-1-2-7-23(19)27-21/h1-17H. The van der Waals surface area contributed by atoms with E-state index in [-0.39, 0.29) is 5.56 Å². The van der Waals surface area contributed by atoms with Crippen molar-refractivity contribution in [1.82, 2.24) is 14.5 Å². The van der Waals surface area contributed by atoms with Crippen LogP contribution in [0.2, 0.25) is 0 Å². The minimum Gasteiger partial charge on any atom is -0.290 e. The summed E-state index contributed by atoms with van der Waals surface area (Å²) in [7, 11) is 0. The Labute approximate surface area is 167 Å². The Morgan fingerprint density at radius 3 is 2.52 bits per heavy atom. The lowest BCUT2D eigenvalue weighted by molar-refractivity contribution is 1.09.